The molecule has 0 aliphatic heterocycles. The van der Waals surface area contributed by atoms with Gasteiger partial charge < -0.3 is 4.74 Å². The maximum Gasteiger partial charge on any atom is 0.322 e. The van der Waals surface area contributed by atoms with Gasteiger partial charge in [-0.15, -0.1) is 0 Å². The van der Waals surface area contributed by atoms with Crippen molar-refractivity contribution in [2.45, 2.75) is 0 Å². The molecule has 0 bridgehead atoms. The van der Waals surface area contributed by atoms with E-state index in [1.54, 1.807) is 0 Å². The van der Waals surface area contributed by atoms with Gasteiger partial charge in [-0.1, -0.05) is 11.6 Å². The van der Waals surface area contributed by atoms with Gasteiger partial charge in [0.1, 0.15) is 12.4 Å². The van der Waals surface area contributed by atoms with E-state index in [4.69, 9.17) is 16.3 Å². The lowest BCUT2D eigenvalue weighted by atomic mass is 10.3. The molecular formula is C10H5ClN4O5. The van der Waals surface area contributed by atoms with Crippen LogP contribution in [0.2, 0.25) is 5.02 Å². The van der Waals surface area contributed by atoms with Gasteiger partial charge in [0.15, 0.2) is 0 Å². The molecule has 0 saturated heterocycles. The predicted molar refractivity (Wildman–Crippen MR) is 66.9 cm³/mol. The fourth-order valence-corrected chi connectivity index (χ4v) is 1.44. The van der Waals surface area contributed by atoms with Crippen molar-refractivity contribution in [1.82, 2.24) is 9.97 Å². The molecular weight excluding hydrogens is 292 g/mol. The summed E-state index contributed by atoms with van der Waals surface area (Å²) >= 11 is 5.65. The lowest BCUT2D eigenvalue weighted by molar-refractivity contribution is -0.385. The minimum Gasteiger partial charge on any atom is -0.417 e. The fraction of sp³-hybridized carbons (Fsp3) is 0. The van der Waals surface area contributed by atoms with Crippen LogP contribution in [-0.2, 0) is 0 Å². The third-order valence-electron chi connectivity index (χ3n) is 2.14. The van der Waals surface area contributed by atoms with Crippen LogP contribution in [0.3, 0.4) is 0 Å². The van der Waals surface area contributed by atoms with Crippen LogP contribution in [-0.4, -0.2) is 19.8 Å². The van der Waals surface area contributed by atoms with Crippen LogP contribution in [0.5, 0.6) is 11.8 Å². The Balaban J connectivity index is 2.30. The summed E-state index contributed by atoms with van der Waals surface area (Å²) in [4.78, 5) is 27.1. The van der Waals surface area contributed by atoms with Crippen LogP contribution in [0, 0.1) is 20.2 Å². The molecule has 0 unspecified atom stereocenters. The number of hydrogen-bond acceptors (Lipinski definition) is 7. The molecule has 0 spiro atoms. The number of halogens is 1. The van der Waals surface area contributed by atoms with Crippen molar-refractivity contribution in [3.8, 4) is 11.8 Å². The lowest BCUT2D eigenvalue weighted by Crippen LogP contribution is -1.97. The maximum atomic E-state index is 10.8. The second-order valence-corrected chi connectivity index (χ2v) is 3.89. The van der Waals surface area contributed by atoms with Gasteiger partial charge in [0, 0.05) is 11.1 Å². The first kappa shape index (κ1) is 13.6. The third kappa shape index (κ3) is 2.95. The van der Waals surface area contributed by atoms with Crippen LogP contribution in [0.15, 0.2) is 30.6 Å². The normalized spacial score (nSPS) is 10.1. The van der Waals surface area contributed by atoms with Gasteiger partial charge in [0.2, 0.25) is 5.75 Å². The third-order valence-corrected chi connectivity index (χ3v) is 2.38. The Labute approximate surface area is 116 Å². The topological polar surface area (TPSA) is 121 Å². The number of ether oxygens (including phenoxy) is 1. The molecule has 0 amide bonds. The van der Waals surface area contributed by atoms with E-state index in [2.05, 4.69) is 9.97 Å². The number of nitro benzene ring substituents is 1. The minimum absolute atomic E-state index is 0.117. The van der Waals surface area contributed by atoms with Gasteiger partial charge in [-0.25, -0.2) is 0 Å². The zero-order valence-electron chi connectivity index (χ0n) is 9.59. The summed E-state index contributed by atoms with van der Waals surface area (Å²) in [6.07, 6.45) is 1.87. The second-order valence-electron chi connectivity index (χ2n) is 3.45. The number of aromatic nitrogens is 2. The van der Waals surface area contributed by atoms with E-state index >= 15 is 0 Å². The Morgan fingerprint density at radius 3 is 2.30 bits per heavy atom. The first-order chi connectivity index (χ1) is 9.47. The summed E-state index contributed by atoms with van der Waals surface area (Å²) in [5.41, 5.74) is -0.678. The highest BCUT2D eigenvalue weighted by Crippen LogP contribution is 2.32. The van der Waals surface area contributed by atoms with E-state index in [1.807, 2.05) is 0 Å². The van der Waals surface area contributed by atoms with Crippen molar-refractivity contribution in [2.75, 3.05) is 0 Å². The van der Waals surface area contributed by atoms with E-state index in [0.717, 1.165) is 18.5 Å². The largest absolute Gasteiger partial charge is 0.417 e. The summed E-state index contributed by atoms with van der Waals surface area (Å²) < 4.78 is 5.12. The highest BCUT2D eigenvalue weighted by molar-refractivity contribution is 6.30. The summed E-state index contributed by atoms with van der Waals surface area (Å²) in [6.45, 7) is 0. The monoisotopic (exact) mass is 296 g/mol. The zero-order chi connectivity index (χ0) is 14.7. The van der Waals surface area contributed by atoms with Crippen molar-refractivity contribution in [3.63, 3.8) is 0 Å². The Kier molecular flexibility index (Phi) is 3.71. The van der Waals surface area contributed by atoms with E-state index in [0.29, 0.717) is 0 Å². The van der Waals surface area contributed by atoms with Crippen LogP contribution >= 0.6 is 11.6 Å². The van der Waals surface area contributed by atoms with Crippen LogP contribution in [0.25, 0.3) is 0 Å². The molecule has 0 atom stereocenters. The zero-order valence-corrected chi connectivity index (χ0v) is 10.4. The number of hydrogen-bond donors (Lipinski definition) is 0. The molecule has 0 saturated carbocycles. The molecule has 9 nitrogen and oxygen atoms in total. The predicted octanol–water partition coefficient (Wildman–Crippen LogP) is 2.74. The van der Waals surface area contributed by atoms with Crippen molar-refractivity contribution < 1.29 is 14.6 Å². The number of nitro groups is 2. The van der Waals surface area contributed by atoms with Gasteiger partial charge in [0.05, 0.1) is 9.85 Å². The molecule has 0 N–H and O–H groups in total. The van der Waals surface area contributed by atoms with Gasteiger partial charge >= 0.3 is 17.4 Å². The number of nitrogens with zero attached hydrogens (tertiary/aromatic N) is 4. The van der Waals surface area contributed by atoms with Crippen LogP contribution in [0.4, 0.5) is 11.4 Å². The Morgan fingerprint density at radius 1 is 1.10 bits per heavy atom. The summed E-state index contributed by atoms with van der Waals surface area (Å²) in [7, 11) is 0. The first-order valence-electron chi connectivity index (χ1n) is 5.05. The average molecular weight is 297 g/mol. The van der Waals surface area contributed by atoms with E-state index in [-0.39, 0.29) is 28.2 Å². The van der Waals surface area contributed by atoms with E-state index in [9.17, 15) is 20.2 Å². The molecule has 2 rings (SSSR count). The summed E-state index contributed by atoms with van der Waals surface area (Å²) in [6, 6.07) is 3.55. The molecule has 20 heavy (non-hydrogen) atoms. The Hall–Kier alpha value is -2.81. The van der Waals surface area contributed by atoms with Crippen molar-refractivity contribution in [2.24, 2.45) is 0 Å². The minimum atomic E-state index is -0.674. The second kappa shape index (κ2) is 5.45. The smallest absolute Gasteiger partial charge is 0.322 e. The Bertz CT molecular complexity index is 676. The number of rotatable bonds is 4. The summed E-state index contributed by atoms with van der Waals surface area (Å²) in [5.74, 6) is -0.117. The molecule has 10 heteroatoms. The van der Waals surface area contributed by atoms with E-state index < -0.39 is 9.85 Å². The maximum absolute atomic E-state index is 10.8. The molecule has 1 aromatic carbocycles. The SMILES string of the molecule is O=[N+]([O-])c1cnc(Oc2ccc(Cl)cc2[N+](=O)[O-])nc1. The van der Waals surface area contributed by atoms with Crippen molar-refractivity contribution in [3.05, 3.63) is 55.8 Å². The highest BCUT2D eigenvalue weighted by atomic mass is 35.5. The molecule has 0 aliphatic rings. The molecule has 1 heterocycles. The average Bonchev–Trinajstić information content (AvgIpc) is 2.41. The van der Waals surface area contributed by atoms with Crippen LogP contribution < -0.4 is 4.74 Å². The van der Waals surface area contributed by atoms with Gasteiger partial charge in [0.25, 0.3) is 0 Å². The molecule has 102 valence electrons. The molecule has 0 aliphatic carbocycles. The fourth-order valence-electron chi connectivity index (χ4n) is 1.27. The first-order valence-corrected chi connectivity index (χ1v) is 5.43. The van der Waals surface area contributed by atoms with Crippen molar-refractivity contribution in [1.29, 1.82) is 0 Å². The molecule has 2 aromatic rings. The summed E-state index contributed by atoms with van der Waals surface area (Å²) in [5, 5.41) is 21.5. The Morgan fingerprint density at radius 2 is 1.75 bits per heavy atom. The van der Waals surface area contributed by atoms with Crippen molar-refractivity contribution >= 4 is 23.0 Å². The molecule has 0 radical (unpaired) electrons. The molecule has 0 fully saturated rings. The van der Waals surface area contributed by atoms with Crippen LogP contribution in [0.1, 0.15) is 0 Å². The molecule has 1 aromatic heterocycles. The van der Waals surface area contributed by atoms with E-state index in [1.165, 1.54) is 12.1 Å². The lowest BCUT2D eigenvalue weighted by Gasteiger charge is -2.04. The van der Waals surface area contributed by atoms with Gasteiger partial charge in [-0.3, -0.25) is 20.2 Å². The quantitative estimate of drug-likeness (QED) is 0.628. The van der Waals surface area contributed by atoms with Gasteiger partial charge in [-0.05, 0) is 12.1 Å². The van der Waals surface area contributed by atoms with Gasteiger partial charge in [-0.2, -0.15) is 9.97 Å². The standard InChI is InChI=1S/C10H5ClN4O5/c11-6-1-2-9(8(3-6)15(18)19)20-10-12-4-7(5-13-10)14(16)17/h1-5H. The number of benzene rings is 1. The highest BCUT2D eigenvalue weighted by Gasteiger charge is 2.18.